The summed E-state index contributed by atoms with van der Waals surface area (Å²) in [7, 11) is 0. The number of thioether (sulfide) groups is 1. The highest BCUT2D eigenvalue weighted by molar-refractivity contribution is 8.13. The summed E-state index contributed by atoms with van der Waals surface area (Å²) in [6.45, 7) is 0. The Labute approximate surface area is 114 Å². The molecule has 0 radical (unpaired) electrons. The fourth-order valence-electron chi connectivity index (χ4n) is 1.53. The maximum Gasteiger partial charge on any atom is 0.199 e. The van der Waals surface area contributed by atoms with Crippen LogP contribution in [0.1, 0.15) is 15.9 Å². The topological polar surface area (TPSA) is 70.1 Å². The van der Waals surface area contributed by atoms with E-state index < -0.39 is 5.97 Å². The lowest BCUT2D eigenvalue weighted by atomic mass is 10.2. The number of hydrogen-bond donors (Lipinski definition) is 0. The van der Waals surface area contributed by atoms with Crippen molar-refractivity contribution in [3.05, 3.63) is 59.8 Å². The molecule has 1 aromatic heterocycles. The van der Waals surface area contributed by atoms with Crippen LogP contribution >= 0.6 is 11.8 Å². The monoisotopic (exact) mass is 272 g/mol. The van der Waals surface area contributed by atoms with Gasteiger partial charge in [-0.05, 0) is 29.5 Å². The number of carbonyl (C=O) groups excluding carboxylic acids is 2. The van der Waals surface area contributed by atoms with Gasteiger partial charge in [-0.15, -0.1) is 0 Å². The second kappa shape index (κ2) is 6.15. The summed E-state index contributed by atoms with van der Waals surface area (Å²) in [5.41, 5.74) is 0.819. The first kappa shape index (κ1) is 13.3. The standard InChI is InChI=1S/C14H11NO3S/c16-12(9-10-5-2-1-3-6-10)19-13-11(14(17)18)7-4-8-15-13/h1-8H,9H2,(H,17,18)/p-1. The highest BCUT2D eigenvalue weighted by Crippen LogP contribution is 2.21. The lowest BCUT2D eigenvalue weighted by Crippen LogP contribution is -2.23. The molecule has 4 nitrogen and oxygen atoms in total. The first-order valence-corrected chi connectivity index (χ1v) is 6.39. The minimum Gasteiger partial charge on any atom is -0.545 e. The molecule has 0 saturated carbocycles. The van der Waals surface area contributed by atoms with Crippen LogP contribution in [0.3, 0.4) is 0 Å². The van der Waals surface area contributed by atoms with Gasteiger partial charge in [-0.25, -0.2) is 4.98 Å². The molecule has 0 bridgehead atoms. The summed E-state index contributed by atoms with van der Waals surface area (Å²) in [5.74, 6) is -1.33. The molecule has 19 heavy (non-hydrogen) atoms. The van der Waals surface area contributed by atoms with E-state index in [1.54, 1.807) is 0 Å². The highest BCUT2D eigenvalue weighted by Gasteiger charge is 2.11. The molecule has 0 aliphatic carbocycles. The molecule has 0 atom stereocenters. The van der Waals surface area contributed by atoms with E-state index in [1.807, 2.05) is 30.3 Å². The average molecular weight is 272 g/mol. The zero-order valence-electron chi connectivity index (χ0n) is 9.91. The average Bonchev–Trinajstić information content (AvgIpc) is 2.40. The molecular formula is C14H10NO3S-. The summed E-state index contributed by atoms with van der Waals surface area (Å²) < 4.78 is 0. The number of carboxylic acids is 1. The van der Waals surface area contributed by atoms with Gasteiger partial charge in [0.1, 0.15) is 5.03 Å². The highest BCUT2D eigenvalue weighted by atomic mass is 32.2. The zero-order chi connectivity index (χ0) is 13.7. The number of aromatic nitrogens is 1. The van der Waals surface area contributed by atoms with Crippen molar-refractivity contribution in [3.8, 4) is 0 Å². The molecular weight excluding hydrogens is 262 g/mol. The Balaban J connectivity index is 2.09. The van der Waals surface area contributed by atoms with Gasteiger partial charge in [0.05, 0.1) is 5.97 Å². The van der Waals surface area contributed by atoms with E-state index >= 15 is 0 Å². The van der Waals surface area contributed by atoms with Crippen molar-refractivity contribution in [2.24, 2.45) is 0 Å². The van der Waals surface area contributed by atoms with E-state index in [1.165, 1.54) is 18.3 Å². The number of carbonyl (C=O) groups is 2. The van der Waals surface area contributed by atoms with Crippen LogP contribution in [-0.2, 0) is 11.2 Å². The number of carboxylic acid groups (broad SMARTS) is 1. The van der Waals surface area contributed by atoms with Crippen LogP contribution < -0.4 is 5.11 Å². The minimum absolute atomic E-state index is 0.0612. The molecule has 96 valence electrons. The fourth-order valence-corrected chi connectivity index (χ4v) is 2.36. The third-order valence-corrected chi connectivity index (χ3v) is 3.28. The van der Waals surface area contributed by atoms with Crippen molar-refractivity contribution in [1.82, 2.24) is 4.98 Å². The van der Waals surface area contributed by atoms with Gasteiger partial charge in [-0.3, -0.25) is 4.79 Å². The van der Waals surface area contributed by atoms with Gasteiger partial charge in [0.15, 0.2) is 5.12 Å². The van der Waals surface area contributed by atoms with E-state index in [2.05, 4.69) is 4.98 Å². The lowest BCUT2D eigenvalue weighted by Gasteiger charge is -2.07. The summed E-state index contributed by atoms with van der Waals surface area (Å²) in [4.78, 5) is 26.7. The Morgan fingerprint density at radius 1 is 1.11 bits per heavy atom. The van der Waals surface area contributed by atoms with Crippen molar-refractivity contribution >= 4 is 22.8 Å². The Morgan fingerprint density at radius 2 is 1.84 bits per heavy atom. The Kier molecular flexibility index (Phi) is 4.30. The van der Waals surface area contributed by atoms with Crippen LogP contribution in [0.5, 0.6) is 0 Å². The predicted octanol–water partition coefficient (Wildman–Crippen LogP) is 1.31. The minimum atomic E-state index is -1.33. The second-order valence-corrected chi connectivity index (χ2v) is 4.83. The van der Waals surface area contributed by atoms with Crippen LogP contribution in [0.25, 0.3) is 0 Å². The van der Waals surface area contributed by atoms with E-state index in [0.717, 1.165) is 17.3 Å². The molecule has 5 heteroatoms. The number of pyridine rings is 1. The Bertz CT molecular complexity index is 599. The van der Waals surface area contributed by atoms with Crippen LogP contribution in [0.15, 0.2) is 53.7 Å². The van der Waals surface area contributed by atoms with Gasteiger partial charge in [-0.1, -0.05) is 30.3 Å². The SMILES string of the molecule is O=C(Cc1ccccc1)Sc1ncccc1C(=O)[O-]. The van der Waals surface area contributed by atoms with Crippen molar-refractivity contribution in [3.63, 3.8) is 0 Å². The first-order chi connectivity index (χ1) is 9.16. The normalized spacial score (nSPS) is 10.1. The number of nitrogens with zero attached hydrogens (tertiary/aromatic N) is 1. The fraction of sp³-hybridized carbons (Fsp3) is 0.0714. The molecule has 0 fully saturated rings. The van der Waals surface area contributed by atoms with Gasteiger partial charge in [-0.2, -0.15) is 0 Å². The summed E-state index contributed by atoms with van der Waals surface area (Å²) in [6.07, 6.45) is 1.68. The molecule has 2 aromatic rings. The van der Waals surface area contributed by atoms with Crippen LogP contribution in [0.4, 0.5) is 0 Å². The Morgan fingerprint density at radius 3 is 2.53 bits per heavy atom. The zero-order valence-corrected chi connectivity index (χ0v) is 10.7. The predicted molar refractivity (Wildman–Crippen MR) is 69.6 cm³/mol. The van der Waals surface area contributed by atoms with Gasteiger partial charge in [0.2, 0.25) is 0 Å². The summed E-state index contributed by atoms with van der Waals surface area (Å²) in [6, 6.07) is 12.1. The molecule has 0 aliphatic heterocycles. The number of hydrogen-bond acceptors (Lipinski definition) is 5. The molecule has 1 aromatic carbocycles. The molecule has 2 rings (SSSR count). The molecule has 0 unspecified atom stereocenters. The smallest absolute Gasteiger partial charge is 0.199 e. The van der Waals surface area contributed by atoms with Crippen molar-refractivity contribution in [2.45, 2.75) is 11.4 Å². The lowest BCUT2D eigenvalue weighted by molar-refractivity contribution is -0.255. The van der Waals surface area contributed by atoms with Gasteiger partial charge in [0, 0.05) is 18.2 Å². The largest absolute Gasteiger partial charge is 0.545 e. The Hall–Kier alpha value is -2.14. The molecule has 0 N–H and O–H groups in total. The third kappa shape index (κ3) is 3.66. The maximum absolute atomic E-state index is 11.9. The van der Waals surface area contributed by atoms with Crippen molar-refractivity contribution < 1.29 is 14.7 Å². The van der Waals surface area contributed by atoms with Gasteiger partial charge < -0.3 is 9.90 Å². The molecule has 1 heterocycles. The van der Waals surface area contributed by atoms with Gasteiger partial charge >= 0.3 is 0 Å². The second-order valence-electron chi connectivity index (χ2n) is 3.78. The number of benzene rings is 1. The quantitative estimate of drug-likeness (QED) is 0.785. The van der Waals surface area contributed by atoms with Crippen molar-refractivity contribution in [1.29, 1.82) is 0 Å². The van der Waals surface area contributed by atoms with Crippen LogP contribution in [0.2, 0.25) is 0 Å². The maximum atomic E-state index is 11.9. The number of aromatic carboxylic acids is 1. The molecule has 0 spiro atoms. The molecule has 0 aliphatic rings. The van der Waals surface area contributed by atoms with E-state index in [0.29, 0.717) is 0 Å². The number of rotatable bonds is 4. The van der Waals surface area contributed by atoms with E-state index in [4.69, 9.17) is 0 Å². The van der Waals surface area contributed by atoms with Crippen LogP contribution in [0, 0.1) is 0 Å². The van der Waals surface area contributed by atoms with E-state index in [-0.39, 0.29) is 22.1 Å². The van der Waals surface area contributed by atoms with E-state index in [9.17, 15) is 14.7 Å². The molecule has 0 saturated heterocycles. The van der Waals surface area contributed by atoms with Crippen LogP contribution in [-0.4, -0.2) is 16.1 Å². The molecule has 0 amide bonds. The van der Waals surface area contributed by atoms with Gasteiger partial charge in [0.25, 0.3) is 0 Å². The summed E-state index contributed by atoms with van der Waals surface area (Å²) >= 11 is 0.823. The summed E-state index contributed by atoms with van der Waals surface area (Å²) in [5, 5.41) is 10.9. The third-order valence-electron chi connectivity index (χ3n) is 2.39. The first-order valence-electron chi connectivity index (χ1n) is 5.58. The van der Waals surface area contributed by atoms with Crippen molar-refractivity contribution in [2.75, 3.05) is 0 Å².